The van der Waals surface area contributed by atoms with E-state index in [2.05, 4.69) is 24.0 Å². The first-order valence-corrected chi connectivity index (χ1v) is 8.59. The lowest BCUT2D eigenvalue weighted by molar-refractivity contribution is 0.475. The Hall–Kier alpha value is -3.59. The number of rotatable bonds is 2. The molecule has 1 aliphatic rings. The van der Waals surface area contributed by atoms with E-state index in [9.17, 15) is 5.11 Å². The fourth-order valence-corrected chi connectivity index (χ4v) is 3.20. The Bertz CT molecular complexity index is 1020. The number of fused-ring (bicyclic) bond motifs is 1. The molecule has 1 aromatic heterocycles. The summed E-state index contributed by atoms with van der Waals surface area (Å²) in [6.07, 6.45) is 6.28. The molecule has 6 nitrogen and oxygen atoms in total. The number of nitrogens with zero attached hydrogens (tertiary/aromatic N) is 2. The summed E-state index contributed by atoms with van der Waals surface area (Å²) in [5.41, 5.74) is 11.5. The topological polar surface area (TPSA) is 120 Å². The van der Waals surface area contributed by atoms with E-state index in [4.69, 9.17) is 20.8 Å². The van der Waals surface area contributed by atoms with Gasteiger partial charge in [0, 0.05) is 11.3 Å². The molecule has 0 radical (unpaired) electrons. The largest absolute Gasteiger partial charge is 0.508 e. The van der Waals surface area contributed by atoms with Gasteiger partial charge in [-0.15, -0.1) is 0 Å². The quantitative estimate of drug-likeness (QED) is 0.365. The fourth-order valence-electron chi connectivity index (χ4n) is 3.20. The van der Waals surface area contributed by atoms with Crippen molar-refractivity contribution in [3.8, 4) is 11.8 Å². The van der Waals surface area contributed by atoms with Gasteiger partial charge in [0.2, 0.25) is 0 Å². The molecule has 0 saturated carbocycles. The van der Waals surface area contributed by atoms with Crippen molar-refractivity contribution in [2.24, 2.45) is 0 Å². The number of phenolic OH excluding ortho intramolecular Hbond substituents is 1. The van der Waals surface area contributed by atoms with Crippen LogP contribution in [0.4, 0.5) is 5.69 Å². The summed E-state index contributed by atoms with van der Waals surface area (Å²) in [5, 5.41) is 25.9. The van der Waals surface area contributed by atoms with Crippen molar-refractivity contribution in [1.29, 1.82) is 10.7 Å². The molecular weight excluding hydrogens is 340 g/mol. The van der Waals surface area contributed by atoms with Crippen LogP contribution in [0.5, 0.6) is 5.75 Å². The van der Waals surface area contributed by atoms with Crippen molar-refractivity contribution in [2.75, 3.05) is 5.73 Å². The smallest absolute Gasteiger partial charge is 0.181 e. The third kappa shape index (κ3) is 3.82. The molecule has 3 aromatic rings. The van der Waals surface area contributed by atoms with Crippen molar-refractivity contribution < 1.29 is 9.52 Å². The van der Waals surface area contributed by atoms with Crippen molar-refractivity contribution in [2.45, 2.75) is 26.2 Å². The first-order chi connectivity index (χ1) is 13.0. The first kappa shape index (κ1) is 18.2. The zero-order chi connectivity index (χ0) is 19.4. The highest BCUT2D eigenvalue weighted by Crippen LogP contribution is 2.26. The van der Waals surface area contributed by atoms with Gasteiger partial charge in [0.15, 0.2) is 12.2 Å². The van der Waals surface area contributed by atoms with E-state index in [1.807, 2.05) is 6.07 Å². The minimum Gasteiger partial charge on any atom is -0.508 e. The minimum atomic E-state index is 0.0588. The van der Waals surface area contributed by atoms with Gasteiger partial charge in [-0.2, -0.15) is 5.26 Å². The van der Waals surface area contributed by atoms with Crippen LogP contribution in [0.15, 0.2) is 47.3 Å². The number of aromatic nitrogens is 1. The van der Waals surface area contributed by atoms with Crippen LogP contribution in [0.2, 0.25) is 0 Å². The van der Waals surface area contributed by atoms with Crippen LogP contribution in [0.25, 0.3) is 0 Å². The predicted molar refractivity (Wildman–Crippen MR) is 103 cm³/mol. The highest BCUT2D eigenvalue weighted by atomic mass is 16.3. The van der Waals surface area contributed by atoms with Crippen LogP contribution >= 0.6 is 0 Å². The number of hydrogen-bond donors (Lipinski definition) is 3. The molecular formula is C21H20N4O2. The molecule has 0 spiro atoms. The molecule has 136 valence electrons. The summed E-state index contributed by atoms with van der Waals surface area (Å²) >= 11 is 0. The van der Waals surface area contributed by atoms with E-state index >= 15 is 0 Å². The van der Waals surface area contributed by atoms with Gasteiger partial charge in [-0.25, -0.2) is 4.98 Å². The lowest BCUT2D eigenvalue weighted by atomic mass is 10.00. The second-order valence-corrected chi connectivity index (χ2v) is 6.35. The van der Waals surface area contributed by atoms with Gasteiger partial charge in [0.1, 0.15) is 11.5 Å². The first-order valence-electron chi connectivity index (χ1n) is 8.59. The standard InChI is InChI=1S/C11H11N.C10H9N3O2/c1-8-10(7-12)6-5-9-3-2-4-11(8)9;11-8-2-1-6(14)3-7(8)10(12)9-4-13-5-15-9/h5-6H,2-4H2,1H3;1-5,12,14H,11H2. The third-order valence-corrected chi connectivity index (χ3v) is 4.67. The third-order valence-electron chi connectivity index (χ3n) is 4.67. The molecule has 0 unspecified atom stereocenters. The molecule has 0 aliphatic heterocycles. The summed E-state index contributed by atoms with van der Waals surface area (Å²) < 4.78 is 4.97. The number of oxazole rings is 1. The zero-order valence-electron chi connectivity index (χ0n) is 15.0. The number of benzene rings is 2. The normalized spacial score (nSPS) is 11.9. The molecule has 4 N–H and O–H groups in total. The lowest BCUT2D eigenvalue weighted by Crippen LogP contribution is -2.04. The summed E-state index contributed by atoms with van der Waals surface area (Å²) in [4.78, 5) is 3.71. The van der Waals surface area contributed by atoms with Crippen LogP contribution in [-0.4, -0.2) is 15.8 Å². The lowest BCUT2D eigenvalue weighted by Gasteiger charge is -2.05. The maximum atomic E-state index is 9.29. The molecule has 27 heavy (non-hydrogen) atoms. The molecule has 2 aromatic carbocycles. The summed E-state index contributed by atoms with van der Waals surface area (Å²) in [5.74, 6) is 0.371. The zero-order valence-corrected chi connectivity index (χ0v) is 15.0. The van der Waals surface area contributed by atoms with Crippen LogP contribution in [0.1, 0.15) is 40.0 Å². The molecule has 6 heteroatoms. The van der Waals surface area contributed by atoms with Crippen molar-refractivity contribution >= 4 is 11.4 Å². The Kier molecular flexibility index (Phi) is 5.23. The SMILES string of the molecule is Cc1c(C#N)ccc2c1CCC2.N=C(c1cnco1)c1cc(O)ccc1N. The molecule has 0 amide bonds. The Labute approximate surface area is 157 Å². The van der Waals surface area contributed by atoms with Crippen molar-refractivity contribution in [3.63, 3.8) is 0 Å². The fraction of sp³-hybridized carbons (Fsp3) is 0.190. The molecule has 1 heterocycles. The van der Waals surface area contributed by atoms with E-state index in [1.54, 1.807) is 0 Å². The van der Waals surface area contributed by atoms with Crippen LogP contribution in [-0.2, 0) is 12.8 Å². The number of aromatic hydroxyl groups is 1. The van der Waals surface area contributed by atoms with Gasteiger partial charge in [-0.05, 0) is 67.1 Å². The Balaban J connectivity index is 0.000000159. The van der Waals surface area contributed by atoms with Gasteiger partial charge in [-0.3, -0.25) is 5.41 Å². The molecule has 0 fully saturated rings. The van der Waals surface area contributed by atoms with Gasteiger partial charge in [0.05, 0.1) is 17.8 Å². The highest BCUT2D eigenvalue weighted by Gasteiger charge is 2.14. The average Bonchev–Trinajstić information content (AvgIpc) is 3.36. The molecule has 0 bridgehead atoms. The second kappa shape index (κ2) is 7.75. The molecule has 0 atom stereocenters. The number of nitrogen functional groups attached to an aromatic ring is 1. The summed E-state index contributed by atoms with van der Waals surface area (Å²) in [6.45, 7) is 2.06. The van der Waals surface area contributed by atoms with E-state index in [-0.39, 0.29) is 11.5 Å². The summed E-state index contributed by atoms with van der Waals surface area (Å²) in [6, 6.07) is 10.7. The van der Waals surface area contributed by atoms with E-state index in [0.29, 0.717) is 17.0 Å². The number of hydrogen-bond acceptors (Lipinski definition) is 6. The maximum absolute atomic E-state index is 9.29. The van der Waals surface area contributed by atoms with E-state index in [0.717, 1.165) is 12.0 Å². The summed E-state index contributed by atoms with van der Waals surface area (Å²) in [7, 11) is 0. The molecule has 4 rings (SSSR count). The number of nitrogens with two attached hydrogens (primary N) is 1. The number of anilines is 1. The van der Waals surface area contributed by atoms with Crippen LogP contribution < -0.4 is 5.73 Å². The Morgan fingerprint density at radius 1 is 1.30 bits per heavy atom. The van der Waals surface area contributed by atoms with E-state index < -0.39 is 0 Å². The Morgan fingerprint density at radius 2 is 2.11 bits per heavy atom. The minimum absolute atomic E-state index is 0.0588. The second-order valence-electron chi connectivity index (χ2n) is 6.35. The maximum Gasteiger partial charge on any atom is 0.181 e. The van der Waals surface area contributed by atoms with Crippen molar-refractivity contribution in [1.82, 2.24) is 4.98 Å². The number of nitrogens with one attached hydrogen (secondary N) is 1. The monoisotopic (exact) mass is 360 g/mol. The van der Waals surface area contributed by atoms with Crippen molar-refractivity contribution in [3.05, 3.63) is 76.5 Å². The van der Waals surface area contributed by atoms with Gasteiger partial charge in [-0.1, -0.05) is 6.07 Å². The molecule has 1 aliphatic carbocycles. The highest BCUT2D eigenvalue weighted by molar-refractivity contribution is 6.12. The van der Waals surface area contributed by atoms with Crippen LogP contribution in [0, 0.1) is 23.7 Å². The van der Waals surface area contributed by atoms with Gasteiger partial charge >= 0.3 is 0 Å². The number of phenols is 1. The number of nitriles is 1. The van der Waals surface area contributed by atoms with Crippen LogP contribution in [0.3, 0.4) is 0 Å². The van der Waals surface area contributed by atoms with E-state index in [1.165, 1.54) is 60.3 Å². The predicted octanol–water partition coefficient (Wildman–Crippen LogP) is 3.73. The van der Waals surface area contributed by atoms with Gasteiger partial charge < -0.3 is 15.3 Å². The van der Waals surface area contributed by atoms with Gasteiger partial charge in [0.25, 0.3) is 0 Å². The molecule has 0 saturated heterocycles. The Morgan fingerprint density at radius 3 is 2.81 bits per heavy atom. The average molecular weight is 360 g/mol. The number of aryl methyl sites for hydroxylation is 1.